The minimum atomic E-state index is -1.61. The highest BCUT2D eigenvalue weighted by Gasteiger charge is 2.22. The Kier molecular flexibility index (Phi) is 4.25. The predicted octanol–water partition coefficient (Wildman–Crippen LogP) is 2.00. The topological polar surface area (TPSA) is 72.8 Å². The lowest BCUT2D eigenvalue weighted by Gasteiger charge is -2.14. The molecule has 0 aliphatic rings. The van der Waals surface area contributed by atoms with Gasteiger partial charge in [0.2, 0.25) is 0 Å². The second-order valence-electron chi connectivity index (χ2n) is 3.55. The van der Waals surface area contributed by atoms with Crippen LogP contribution in [0.1, 0.15) is 29.0 Å². The van der Waals surface area contributed by atoms with Gasteiger partial charge in [-0.3, -0.25) is 4.79 Å². The first-order valence-corrected chi connectivity index (χ1v) is 5.10. The molecule has 5 nitrogen and oxygen atoms in total. The molecule has 0 heterocycles. The third kappa shape index (κ3) is 2.58. The van der Waals surface area contributed by atoms with Gasteiger partial charge in [0.1, 0.15) is 6.17 Å². The second kappa shape index (κ2) is 5.48. The molecule has 0 spiro atoms. The number of ether oxygens (including phenoxy) is 2. The molecule has 0 radical (unpaired) electrons. The number of carbonyl (C=O) groups excluding carboxylic acids is 1. The maximum atomic E-state index is 13.4. The fourth-order valence-corrected chi connectivity index (χ4v) is 1.54. The molecule has 1 atom stereocenters. The summed E-state index contributed by atoms with van der Waals surface area (Å²) in [6.07, 6.45) is -1.42. The van der Waals surface area contributed by atoms with E-state index in [1.165, 1.54) is 27.2 Å². The van der Waals surface area contributed by atoms with Crippen LogP contribution in [0.5, 0.6) is 11.5 Å². The summed E-state index contributed by atoms with van der Waals surface area (Å²) in [6.45, 7) is 1.26. The van der Waals surface area contributed by atoms with Crippen LogP contribution in [0.15, 0.2) is 12.1 Å². The minimum absolute atomic E-state index is 0.0708. The number of hydrogen-bond donors (Lipinski definition) is 1. The van der Waals surface area contributed by atoms with E-state index in [1.54, 1.807) is 0 Å². The Balaban J connectivity index is 3.45. The van der Waals surface area contributed by atoms with Crippen molar-refractivity contribution in [2.75, 3.05) is 14.2 Å². The zero-order chi connectivity index (χ0) is 13.9. The molecule has 0 bridgehead atoms. The van der Waals surface area contributed by atoms with E-state index in [1.807, 2.05) is 0 Å². The molecule has 0 aliphatic carbocycles. The number of hydrogen-bond acceptors (Lipinski definition) is 4. The number of carboxylic acids is 1. The average molecular weight is 256 g/mol. The molecule has 6 heteroatoms. The predicted molar refractivity (Wildman–Crippen MR) is 61.0 cm³/mol. The highest BCUT2D eigenvalue weighted by atomic mass is 19.1. The lowest BCUT2D eigenvalue weighted by Crippen LogP contribution is -2.13. The molecule has 0 amide bonds. The Bertz CT molecular complexity index is 482. The molecule has 0 aliphatic heterocycles. The Morgan fingerprint density at radius 3 is 2.28 bits per heavy atom. The van der Waals surface area contributed by atoms with Crippen LogP contribution < -0.4 is 9.47 Å². The van der Waals surface area contributed by atoms with Gasteiger partial charge in [0, 0.05) is 11.1 Å². The summed E-state index contributed by atoms with van der Waals surface area (Å²) in [5, 5.41) is 8.64. The van der Waals surface area contributed by atoms with Crippen LogP contribution in [-0.2, 0) is 4.79 Å². The van der Waals surface area contributed by atoms with E-state index in [-0.39, 0.29) is 22.6 Å². The first kappa shape index (κ1) is 14.0. The van der Waals surface area contributed by atoms with Crippen molar-refractivity contribution in [3.8, 4) is 11.5 Å². The first-order valence-electron chi connectivity index (χ1n) is 5.10. The first-order chi connectivity index (χ1) is 8.42. The van der Waals surface area contributed by atoms with Crippen molar-refractivity contribution in [3.63, 3.8) is 0 Å². The van der Waals surface area contributed by atoms with Crippen LogP contribution in [-0.4, -0.2) is 31.1 Å². The van der Waals surface area contributed by atoms with Gasteiger partial charge >= 0.3 is 5.97 Å². The van der Waals surface area contributed by atoms with Crippen LogP contribution in [0.2, 0.25) is 0 Å². The lowest BCUT2D eigenvalue weighted by atomic mass is 10.0. The normalized spacial score (nSPS) is 11.8. The number of methoxy groups -OCH3 is 2. The average Bonchev–Trinajstić information content (AvgIpc) is 2.35. The van der Waals surface area contributed by atoms with Crippen molar-refractivity contribution in [3.05, 3.63) is 23.3 Å². The lowest BCUT2D eigenvalue weighted by molar-refractivity contribution is -0.131. The third-order valence-corrected chi connectivity index (χ3v) is 2.39. The van der Waals surface area contributed by atoms with Gasteiger partial charge < -0.3 is 14.6 Å². The Hall–Kier alpha value is -2.11. The van der Waals surface area contributed by atoms with Crippen LogP contribution in [0, 0.1) is 0 Å². The summed E-state index contributed by atoms with van der Waals surface area (Å²) in [5.74, 6) is -2.48. The van der Waals surface area contributed by atoms with E-state index in [9.17, 15) is 14.0 Å². The monoisotopic (exact) mass is 256 g/mol. The quantitative estimate of drug-likeness (QED) is 0.644. The maximum absolute atomic E-state index is 13.4. The van der Waals surface area contributed by atoms with Gasteiger partial charge in [0.25, 0.3) is 5.78 Å². The van der Waals surface area contributed by atoms with Gasteiger partial charge in [0.05, 0.1) is 14.2 Å². The van der Waals surface area contributed by atoms with Crippen LogP contribution in [0.4, 0.5) is 4.39 Å². The van der Waals surface area contributed by atoms with E-state index in [4.69, 9.17) is 14.6 Å². The van der Waals surface area contributed by atoms with E-state index >= 15 is 0 Å². The third-order valence-electron chi connectivity index (χ3n) is 2.39. The zero-order valence-electron chi connectivity index (χ0n) is 10.2. The van der Waals surface area contributed by atoms with Crippen molar-refractivity contribution in [1.29, 1.82) is 0 Å². The van der Waals surface area contributed by atoms with Gasteiger partial charge in [-0.2, -0.15) is 0 Å². The van der Waals surface area contributed by atoms with Crippen molar-refractivity contribution in [2.45, 2.75) is 13.1 Å². The minimum Gasteiger partial charge on any atom is -0.493 e. The number of halogens is 1. The van der Waals surface area contributed by atoms with Crippen LogP contribution in [0.25, 0.3) is 0 Å². The molecule has 1 rings (SSSR count). The van der Waals surface area contributed by atoms with E-state index < -0.39 is 17.9 Å². The highest BCUT2D eigenvalue weighted by Crippen LogP contribution is 2.37. The fourth-order valence-electron chi connectivity index (χ4n) is 1.54. The highest BCUT2D eigenvalue weighted by molar-refractivity contribution is 6.40. The van der Waals surface area contributed by atoms with Crippen molar-refractivity contribution >= 4 is 11.8 Å². The molecule has 1 unspecified atom stereocenters. The zero-order valence-corrected chi connectivity index (χ0v) is 10.2. The van der Waals surface area contributed by atoms with E-state index in [2.05, 4.69) is 0 Å². The molecular weight excluding hydrogens is 243 g/mol. The molecule has 0 fully saturated rings. The van der Waals surface area contributed by atoms with Gasteiger partial charge in [-0.15, -0.1) is 0 Å². The summed E-state index contributed by atoms with van der Waals surface area (Å²) in [6, 6.07) is 2.36. The number of aliphatic carboxylic acids is 1. The molecule has 0 aromatic heterocycles. The Morgan fingerprint density at radius 1 is 1.28 bits per heavy atom. The van der Waals surface area contributed by atoms with Crippen LogP contribution >= 0.6 is 0 Å². The number of rotatable bonds is 5. The van der Waals surface area contributed by atoms with E-state index in [0.717, 1.165) is 6.07 Å². The van der Waals surface area contributed by atoms with Gasteiger partial charge in [-0.25, -0.2) is 9.18 Å². The molecule has 0 saturated heterocycles. The molecule has 98 valence electrons. The fraction of sp³-hybridized carbons (Fsp3) is 0.333. The van der Waals surface area contributed by atoms with Crippen molar-refractivity contribution < 1.29 is 28.6 Å². The summed E-state index contributed by atoms with van der Waals surface area (Å²) < 4.78 is 23.4. The number of carboxylic acid groups (broad SMARTS) is 1. The van der Waals surface area contributed by atoms with Crippen molar-refractivity contribution in [1.82, 2.24) is 0 Å². The summed E-state index contributed by atoms with van der Waals surface area (Å²) in [5.41, 5.74) is -0.0823. The molecule has 1 aromatic rings. The molecule has 1 N–H and O–H groups in total. The molecule has 1 aromatic carbocycles. The number of benzene rings is 1. The van der Waals surface area contributed by atoms with Crippen LogP contribution in [0.3, 0.4) is 0 Å². The summed E-state index contributed by atoms with van der Waals surface area (Å²) in [7, 11) is 2.65. The molecule has 18 heavy (non-hydrogen) atoms. The number of Topliss-reactive ketones (excluding diaryl/α,β-unsaturated/α-hetero) is 1. The molecule has 0 saturated carbocycles. The summed E-state index contributed by atoms with van der Waals surface area (Å²) >= 11 is 0. The van der Waals surface area contributed by atoms with Gasteiger partial charge in [0.15, 0.2) is 11.5 Å². The molecular formula is C12H13FO5. The van der Waals surface area contributed by atoms with Gasteiger partial charge in [-0.05, 0) is 19.1 Å². The van der Waals surface area contributed by atoms with Crippen molar-refractivity contribution in [2.24, 2.45) is 0 Å². The Morgan fingerprint density at radius 2 is 1.89 bits per heavy atom. The SMILES string of the molecule is COc1cc(C(=O)C(=O)O)cc(C(C)F)c1OC. The smallest absolute Gasteiger partial charge is 0.377 e. The standard InChI is InChI=1S/C12H13FO5/c1-6(13)8-4-7(10(14)12(15)16)5-9(17-2)11(8)18-3/h4-6H,1-3H3,(H,15,16). The second-order valence-corrected chi connectivity index (χ2v) is 3.55. The Labute approximate surface area is 103 Å². The van der Waals surface area contributed by atoms with Gasteiger partial charge in [-0.1, -0.05) is 0 Å². The number of carbonyl (C=O) groups is 2. The largest absolute Gasteiger partial charge is 0.493 e. The number of ketones is 1. The number of alkyl halides is 1. The summed E-state index contributed by atoms with van der Waals surface area (Å²) in [4.78, 5) is 22.0. The van der Waals surface area contributed by atoms with E-state index in [0.29, 0.717) is 0 Å². The maximum Gasteiger partial charge on any atom is 0.377 e.